The van der Waals surface area contributed by atoms with E-state index in [-0.39, 0.29) is 5.03 Å². The Kier molecular flexibility index (Phi) is 4.81. The number of aromatic nitrogens is 2. The van der Waals surface area contributed by atoms with Gasteiger partial charge in [0.05, 0.1) is 12.0 Å². The summed E-state index contributed by atoms with van der Waals surface area (Å²) < 4.78 is 33.9. The van der Waals surface area contributed by atoms with Crippen molar-refractivity contribution in [1.29, 1.82) is 0 Å². The summed E-state index contributed by atoms with van der Waals surface area (Å²) in [5.41, 5.74) is 5.77. The molecule has 1 heterocycles. The highest BCUT2D eigenvalue weighted by molar-refractivity contribution is 7.92. The van der Waals surface area contributed by atoms with E-state index in [1.165, 1.54) is 12.5 Å². The van der Waals surface area contributed by atoms with Gasteiger partial charge in [0.1, 0.15) is 12.4 Å². The van der Waals surface area contributed by atoms with Gasteiger partial charge in [-0.25, -0.2) is 4.98 Å². The van der Waals surface area contributed by atoms with Gasteiger partial charge in [-0.15, -0.1) is 0 Å². The molecule has 2 aromatic rings. The molecule has 0 atom stereocenters. The zero-order valence-electron chi connectivity index (χ0n) is 11.7. The van der Waals surface area contributed by atoms with Gasteiger partial charge in [0.25, 0.3) is 10.0 Å². The molecule has 3 N–H and O–H groups in total. The Morgan fingerprint density at radius 3 is 2.90 bits per heavy atom. The van der Waals surface area contributed by atoms with Crippen LogP contribution in [0.3, 0.4) is 0 Å². The number of nitrogens with one attached hydrogen (secondary N) is 1. The van der Waals surface area contributed by atoms with E-state index >= 15 is 0 Å². The third-order valence-corrected chi connectivity index (χ3v) is 3.99. The Morgan fingerprint density at radius 1 is 1.43 bits per heavy atom. The maximum atomic E-state index is 12.2. The maximum absolute atomic E-state index is 12.2. The molecule has 21 heavy (non-hydrogen) atoms. The number of rotatable bonds is 7. The van der Waals surface area contributed by atoms with Crippen LogP contribution in [0.15, 0.2) is 41.8 Å². The second-order valence-electron chi connectivity index (χ2n) is 4.31. The standard InChI is InChI=1S/C13H18N4O3S/c1-2-17-9-13(15-10-17)21(18,19)16-11-4-3-5-12(8-11)20-7-6-14/h3-5,8-10,16H,2,6-7,14H2,1H3. The number of hydrogen-bond acceptors (Lipinski definition) is 5. The molecule has 8 heteroatoms. The first kappa shape index (κ1) is 15.3. The van der Waals surface area contributed by atoms with Crippen LogP contribution in [-0.2, 0) is 16.6 Å². The summed E-state index contributed by atoms with van der Waals surface area (Å²) >= 11 is 0. The Hall–Kier alpha value is -2.06. The summed E-state index contributed by atoms with van der Waals surface area (Å²) in [5, 5.41) is -0.0161. The molecule has 114 valence electrons. The van der Waals surface area contributed by atoms with Gasteiger partial charge >= 0.3 is 0 Å². The Morgan fingerprint density at radius 2 is 2.24 bits per heavy atom. The van der Waals surface area contributed by atoms with E-state index in [1.54, 1.807) is 28.8 Å². The molecule has 0 saturated heterocycles. The van der Waals surface area contributed by atoms with Gasteiger partial charge in [-0.05, 0) is 19.1 Å². The van der Waals surface area contributed by atoms with Crippen LogP contribution in [-0.4, -0.2) is 31.1 Å². The molecule has 2 rings (SSSR count). The monoisotopic (exact) mass is 310 g/mol. The lowest BCUT2D eigenvalue weighted by Crippen LogP contribution is -2.14. The topological polar surface area (TPSA) is 99.2 Å². The van der Waals surface area contributed by atoms with Crippen LogP contribution in [0.25, 0.3) is 0 Å². The zero-order valence-corrected chi connectivity index (χ0v) is 12.5. The lowest BCUT2D eigenvalue weighted by atomic mass is 10.3. The fourth-order valence-electron chi connectivity index (χ4n) is 1.68. The van der Waals surface area contributed by atoms with E-state index in [1.807, 2.05) is 6.92 Å². The Balaban J connectivity index is 2.16. The lowest BCUT2D eigenvalue weighted by molar-refractivity contribution is 0.328. The quantitative estimate of drug-likeness (QED) is 0.796. The third kappa shape index (κ3) is 3.96. The van der Waals surface area contributed by atoms with E-state index in [9.17, 15) is 8.42 Å². The van der Waals surface area contributed by atoms with Crippen molar-refractivity contribution in [1.82, 2.24) is 9.55 Å². The first-order chi connectivity index (χ1) is 10.0. The van der Waals surface area contributed by atoms with Gasteiger partial charge in [-0.1, -0.05) is 6.07 Å². The van der Waals surface area contributed by atoms with Crippen molar-refractivity contribution >= 4 is 15.7 Å². The van der Waals surface area contributed by atoms with E-state index in [0.29, 0.717) is 31.1 Å². The summed E-state index contributed by atoms with van der Waals surface area (Å²) in [4.78, 5) is 3.89. The van der Waals surface area contributed by atoms with Crippen LogP contribution in [0.1, 0.15) is 6.92 Å². The number of nitrogens with two attached hydrogens (primary N) is 1. The molecule has 0 amide bonds. The molecule has 7 nitrogen and oxygen atoms in total. The maximum Gasteiger partial charge on any atom is 0.280 e. The largest absolute Gasteiger partial charge is 0.492 e. The van der Waals surface area contributed by atoms with E-state index in [4.69, 9.17) is 10.5 Å². The molecular formula is C13H18N4O3S. The van der Waals surface area contributed by atoms with Gasteiger partial charge in [-0.3, -0.25) is 4.72 Å². The van der Waals surface area contributed by atoms with Crippen molar-refractivity contribution in [3.8, 4) is 5.75 Å². The van der Waals surface area contributed by atoms with Crippen molar-refractivity contribution in [2.45, 2.75) is 18.5 Å². The zero-order chi connectivity index (χ0) is 15.3. The highest BCUT2D eigenvalue weighted by Gasteiger charge is 2.17. The molecule has 1 aromatic heterocycles. The average Bonchev–Trinajstić information content (AvgIpc) is 2.95. The van der Waals surface area contributed by atoms with Gasteiger partial charge in [0.15, 0.2) is 5.03 Å². The molecule has 0 aliphatic carbocycles. The van der Waals surface area contributed by atoms with Gasteiger partial charge < -0.3 is 15.0 Å². The molecule has 0 bridgehead atoms. The number of imidazole rings is 1. The van der Waals surface area contributed by atoms with Crippen molar-refractivity contribution in [2.24, 2.45) is 5.73 Å². The predicted molar refractivity (Wildman–Crippen MR) is 79.7 cm³/mol. The summed E-state index contributed by atoms with van der Waals surface area (Å²) in [6.45, 7) is 3.33. The molecule has 0 aliphatic heterocycles. The molecular weight excluding hydrogens is 292 g/mol. The number of sulfonamides is 1. The first-order valence-electron chi connectivity index (χ1n) is 6.52. The number of ether oxygens (including phenoxy) is 1. The fourth-order valence-corrected chi connectivity index (χ4v) is 2.69. The van der Waals surface area contributed by atoms with Crippen LogP contribution in [0, 0.1) is 0 Å². The lowest BCUT2D eigenvalue weighted by Gasteiger charge is -2.08. The molecule has 0 saturated carbocycles. The normalized spacial score (nSPS) is 11.3. The smallest absolute Gasteiger partial charge is 0.280 e. The predicted octanol–water partition coefficient (Wildman–Crippen LogP) is 1.04. The van der Waals surface area contributed by atoms with Crippen LogP contribution in [0.4, 0.5) is 5.69 Å². The van der Waals surface area contributed by atoms with Crippen molar-refractivity contribution < 1.29 is 13.2 Å². The summed E-state index contributed by atoms with van der Waals surface area (Å²) in [5.74, 6) is 0.555. The molecule has 0 radical (unpaired) electrons. The van der Waals surface area contributed by atoms with Gasteiger partial charge in [0, 0.05) is 25.4 Å². The Labute approximate surface area is 123 Å². The fraction of sp³-hybridized carbons (Fsp3) is 0.308. The summed E-state index contributed by atoms with van der Waals surface area (Å²) in [6, 6.07) is 6.68. The van der Waals surface area contributed by atoms with Crippen LogP contribution in [0.5, 0.6) is 5.75 Å². The molecule has 0 spiro atoms. The van der Waals surface area contributed by atoms with Crippen molar-refractivity contribution in [3.05, 3.63) is 36.8 Å². The minimum atomic E-state index is -3.70. The van der Waals surface area contributed by atoms with E-state index < -0.39 is 10.0 Å². The number of nitrogens with zero attached hydrogens (tertiary/aromatic N) is 2. The molecule has 0 fully saturated rings. The third-order valence-electron chi connectivity index (χ3n) is 2.72. The van der Waals surface area contributed by atoms with Crippen LogP contribution < -0.4 is 15.2 Å². The van der Waals surface area contributed by atoms with Gasteiger partial charge in [0.2, 0.25) is 0 Å². The van der Waals surface area contributed by atoms with Crippen LogP contribution in [0.2, 0.25) is 0 Å². The minimum absolute atomic E-state index is 0.0161. The van der Waals surface area contributed by atoms with E-state index in [0.717, 1.165) is 0 Å². The summed E-state index contributed by atoms with van der Waals surface area (Å²) in [6.07, 6.45) is 2.96. The number of anilines is 1. The van der Waals surface area contributed by atoms with Crippen molar-refractivity contribution in [3.63, 3.8) is 0 Å². The van der Waals surface area contributed by atoms with Gasteiger partial charge in [-0.2, -0.15) is 8.42 Å². The SMILES string of the molecule is CCn1cnc(S(=O)(=O)Nc2cccc(OCCN)c2)c1. The first-order valence-corrected chi connectivity index (χ1v) is 8.01. The molecule has 0 unspecified atom stereocenters. The summed E-state index contributed by atoms with van der Waals surface area (Å²) in [7, 11) is -3.70. The molecule has 1 aromatic carbocycles. The number of benzene rings is 1. The number of hydrogen-bond donors (Lipinski definition) is 2. The number of aryl methyl sites for hydroxylation is 1. The average molecular weight is 310 g/mol. The van der Waals surface area contributed by atoms with Crippen LogP contribution >= 0.6 is 0 Å². The second-order valence-corrected chi connectivity index (χ2v) is 5.94. The highest BCUT2D eigenvalue weighted by Crippen LogP contribution is 2.20. The van der Waals surface area contributed by atoms with Crippen molar-refractivity contribution in [2.75, 3.05) is 17.9 Å². The Bertz CT molecular complexity index is 697. The minimum Gasteiger partial charge on any atom is -0.492 e. The molecule has 0 aliphatic rings. The second kappa shape index (κ2) is 6.59. The van der Waals surface area contributed by atoms with E-state index in [2.05, 4.69) is 9.71 Å². The highest BCUT2D eigenvalue weighted by atomic mass is 32.2.